The number of esters is 1. The van der Waals surface area contributed by atoms with Crippen molar-refractivity contribution >= 4 is 33.9 Å². The SMILES string of the molecule is COC(=O)c1cc(C)sc1NC(=O)c1ccccc1Cn1nc(C)c([N+](=O)[O-])c1C. The van der Waals surface area contributed by atoms with Gasteiger partial charge in [0.05, 0.1) is 24.1 Å². The van der Waals surface area contributed by atoms with Gasteiger partial charge in [0, 0.05) is 10.4 Å². The molecule has 30 heavy (non-hydrogen) atoms. The molecule has 0 radical (unpaired) electrons. The third kappa shape index (κ3) is 4.08. The van der Waals surface area contributed by atoms with Crippen molar-refractivity contribution in [1.82, 2.24) is 9.78 Å². The molecule has 2 aromatic heterocycles. The average molecular weight is 428 g/mol. The van der Waals surface area contributed by atoms with Crippen LogP contribution in [0.25, 0.3) is 0 Å². The number of aryl methyl sites for hydroxylation is 2. The molecule has 0 bridgehead atoms. The molecule has 0 aliphatic heterocycles. The molecule has 1 N–H and O–H groups in total. The van der Waals surface area contributed by atoms with E-state index in [2.05, 4.69) is 10.4 Å². The zero-order chi connectivity index (χ0) is 22.0. The highest BCUT2D eigenvalue weighted by Gasteiger charge is 2.23. The molecule has 10 heteroatoms. The van der Waals surface area contributed by atoms with E-state index in [0.717, 1.165) is 4.88 Å². The van der Waals surface area contributed by atoms with E-state index in [1.807, 2.05) is 6.92 Å². The predicted molar refractivity (Wildman–Crippen MR) is 112 cm³/mol. The summed E-state index contributed by atoms with van der Waals surface area (Å²) in [5, 5.41) is 18.7. The van der Waals surface area contributed by atoms with Gasteiger partial charge in [0.2, 0.25) is 0 Å². The molecule has 2 heterocycles. The van der Waals surface area contributed by atoms with E-state index in [1.54, 1.807) is 44.2 Å². The average Bonchev–Trinajstić information content (AvgIpc) is 3.20. The second-order valence-corrected chi connectivity index (χ2v) is 7.89. The van der Waals surface area contributed by atoms with Crippen molar-refractivity contribution in [2.24, 2.45) is 0 Å². The summed E-state index contributed by atoms with van der Waals surface area (Å²) in [6.45, 7) is 5.22. The number of thiophene rings is 1. The largest absolute Gasteiger partial charge is 0.465 e. The molecule has 9 nitrogen and oxygen atoms in total. The van der Waals surface area contributed by atoms with Gasteiger partial charge in [-0.3, -0.25) is 19.6 Å². The van der Waals surface area contributed by atoms with E-state index in [-0.39, 0.29) is 12.2 Å². The molecule has 0 atom stereocenters. The number of hydrogen-bond donors (Lipinski definition) is 1. The van der Waals surface area contributed by atoms with Gasteiger partial charge in [-0.25, -0.2) is 4.79 Å². The summed E-state index contributed by atoms with van der Waals surface area (Å²) in [5.41, 5.74) is 2.01. The first-order chi connectivity index (χ1) is 14.2. The Morgan fingerprint density at radius 2 is 1.93 bits per heavy atom. The van der Waals surface area contributed by atoms with Gasteiger partial charge in [-0.2, -0.15) is 5.10 Å². The maximum atomic E-state index is 13.0. The second kappa shape index (κ2) is 8.46. The molecule has 0 fully saturated rings. The minimum absolute atomic E-state index is 0.0336. The summed E-state index contributed by atoms with van der Waals surface area (Å²) in [4.78, 5) is 36.6. The Bertz CT molecular complexity index is 1150. The van der Waals surface area contributed by atoms with Crippen LogP contribution in [0.3, 0.4) is 0 Å². The molecule has 0 spiro atoms. The van der Waals surface area contributed by atoms with Crippen molar-refractivity contribution in [2.75, 3.05) is 12.4 Å². The van der Waals surface area contributed by atoms with E-state index in [9.17, 15) is 19.7 Å². The van der Waals surface area contributed by atoms with Crippen molar-refractivity contribution in [2.45, 2.75) is 27.3 Å². The van der Waals surface area contributed by atoms with E-state index < -0.39 is 16.8 Å². The highest BCUT2D eigenvalue weighted by molar-refractivity contribution is 7.16. The van der Waals surface area contributed by atoms with Gasteiger partial charge in [-0.15, -0.1) is 11.3 Å². The second-order valence-electron chi connectivity index (χ2n) is 6.64. The summed E-state index contributed by atoms with van der Waals surface area (Å²) < 4.78 is 6.28. The Hall–Kier alpha value is -3.53. The van der Waals surface area contributed by atoms with Gasteiger partial charge in [0.25, 0.3) is 5.91 Å². The third-order valence-corrected chi connectivity index (χ3v) is 5.56. The first kappa shape index (κ1) is 21.2. The van der Waals surface area contributed by atoms with Gasteiger partial charge in [-0.05, 0) is 38.5 Å². The lowest BCUT2D eigenvalue weighted by molar-refractivity contribution is -0.386. The molecule has 3 rings (SSSR count). The van der Waals surface area contributed by atoms with E-state index >= 15 is 0 Å². The number of carbonyl (C=O) groups is 2. The van der Waals surface area contributed by atoms with Crippen LogP contribution in [-0.2, 0) is 11.3 Å². The molecule has 156 valence electrons. The molecule has 0 saturated carbocycles. The lowest BCUT2D eigenvalue weighted by Crippen LogP contribution is -2.17. The number of hydrogen-bond acceptors (Lipinski definition) is 7. The minimum Gasteiger partial charge on any atom is -0.465 e. The fourth-order valence-electron chi connectivity index (χ4n) is 3.19. The number of carbonyl (C=O) groups excluding carboxylic acids is 2. The van der Waals surface area contributed by atoms with Crippen LogP contribution in [0.4, 0.5) is 10.7 Å². The number of nitro groups is 1. The van der Waals surface area contributed by atoms with Gasteiger partial charge in [-0.1, -0.05) is 18.2 Å². The van der Waals surface area contributed by atoms with Crippen molar-refractivity contribution in [1.29, 1.82) is 0 Å². The Balaban J connectivity index is 1.91. The van der Waals surface area contributed by atoms with Crippen LogP contribution in [-0.4, -0.2) is 33.7 Å². The molecule has 0 aliphatic rings. The first-order valence-electron chi connectivity index (χ1n) is 8.99. The van der Waals surface area contributed by atoms with Crippen molar-refractivity contribution in [3.63, 3.8) is 0 Å². The maximum absolute atomic E-state index is 13.0. The van der Waals surface area contributed by atoms with Crippen molar-refractivity contribution in [3.8, 4) is 0 Å². The van der Waals surface area contributed by atoms with Crippen LogP contribution in [0.5, 0.6) is 0 Å². The van der Waals surface area contributed by atoms with Crippen LogP contribution in [0, 0.1) is 30.9 Å². The topological polar surface area (TPSA) is 116 Å². The highest BCUT2D eigenvalue weighted by atomic mass is 32.1. The molecule has 0 aliphatic carbocycles. The number of nitrogens with zero attached hydrogens (tertiary/aromatic N) is 3. The molecule has 0 unspecified atom stereocenters. The molecular formula is C20H20N4O5S. The molecule has 1 aromatic carbocycles. The lowest BCUT2D eigenvalue weighted by Gasteiger charge is -2.11. The molecular weight excluding hydrogens is 408 g/mol. The third-order valence-electron chi connectivity index (χ3n) is 4.60. The van der Waals surface area contributed by atoms with Crippen LogP contribution in [0.1, 0.15) is 42.5 Å². The van der Waals surface area contributed by atoms with Gasteiger partial charge < -0.3 is 10.1 Å². The minimum atomic E-state index is -0.530. The molecule has 3 aromatic rings. The predicted octanol–water partition coefficient (Wildman–Crippen LogP) is 3.87. The Labute approximate surface area is 176 Å². The summed E-state index contributed by atoms with van der Waals surface area (Å²) in [7, 11) is 1.28. The number of nitrogens with one attached hydrogen (secondary N) is 1. The van der Waals surface area contributed by atoms with Crippen LogP contribution < -0.4 is 5.32 Å². The highest BCUT2D eigenvalue weighted by Crippen LogP contribution is 2.29. The zero-order valence-electron chi connectivity index (χ0n) is 16.9. The number of methoxy groups -OCH3 is 1. The summed E-state index contributed by atoms with van der Waals surface area (Å²) in [6.07, 6.45) is 0. The number of anilines is 1. The molecule has 1 amide bonds. The number of ether oxygens (including phenoxy) is 1. The summed E-state index contributed by atoms with van der Waals surface area (Å²) >= 11 is 1.28. The smallest absolute Gasteiger partial charge is 0.340 e. The van der Waals surface area contributed by atoms with Crippen LogP contribution >= 0.6 is 11.3 Å². The lowest BCUT2D eigenvalue weighted by atomic mass is 10.1. The Morgan fingerprint density at radius 3 is 2.57 bits per heavy atom. The van der Waals surface area contributed by atoms with E-state index in [1.165, 1.54) is 23.1 Å². The normalized spacial score (nSPS) is 10.7. The quantitative estimate of drug-likeness (QED) is 0.362. The zero-order valence-corrected chi connectivity index (χ0v) is 17.7. The van der Waals surface area contributed by atoms with Gasteiger partial charge in [0.15, 0.2) is 0 Å². The van der Waals surface area contributed by atoms with Crippen LogP contribution in [0.15, 0.2) is 30.3 Å². The Kier molecular flexibility index (Phi) is 5.97. The van der Waals surface area contributed by atoms with Crippen molar-refractivity contribution < 1.29 is 19.2 Å². The van der Waals surface area contributed by atoms with Gasteiger partial charge >= 0.3 is 11.7 Å². The number of rotatable bonds is 6. The fourth-order valence-corrected chi connectivity index (χ4v) is 4.08. The molecule has 0 saturated heterocycles. The summed E-state index contributed by atoms with van der Waals surface area (Å²) in [6, 6.07) is 8.58. The van der Waals surface area contributed by atoms with Crippen LogP contribution in [0.2, 0.25) is 0 Å². The number of amides is 1. The number of benzene rings is 1. The standard InChI is InChI=1S/C20H20N4O5S/c1-11-9-16(20(26)29-4)19(30-11)21-18(25)15-8-6-5-7-14(15)10-23-13(3)17(24(27)28)12(2)22-23/h5-9H,10H2,1-4H3,(H,21,25). The van der Waals surface area contributed by atoms with Gasteiger partial charge in [0.1, 0.15) is 16.4 Å². The maximum Gasteiger partial charge on any atom is 0.340 e. The monoisotopic (exact) mass is 428 g/mol. The van der Waals surface area contributed by atoms with E-state index in [4.69, 9.17) is 4.74 Å². The fraction of sp³-hybridized carbons (Fsp3) is 0.250. The van der Waals surface area contributed by atoms with E-state index in [0.29, 0.717) is 33.1 Å². The number of aromatic nitrogens is 2. The first-order valence-corrected chi connectivity index (χ1v) is 9.81. The van der Waals surface area contributed by atoms with Crippen molar-refractivity contribution in [3.05, 3.63) is 73.4 Å². The Morgan fingerprint density at radius 1 is 1.23 bits per heavy atom. The summed E-state index contributed by atoms with van der Waals surface area (Å²) in [5.74, 6) is -0.925.